The van der Waals surface area contributed by atoms with Gasteiger partial charge in [0.2, 0.25) is 5.91 Å². The van der Waals surface area contributed by atoms with Crippen LogP contribution in [0.2, 0.25) is 0 Å². The van der Waals surface area contributed by atoms with Gasteiger partial charge in [0.05, 0.1) is 6.04 Å². The van der Waals surface area contributed by atoms with Crippen molar-refractivity contribution < 1.29 is 14.6 Å². The molecule has 5 heteroatoms. The summed E-state index contributed by atoms with van der Waals surface area (Å²) in [5, 5.41) is 13.1. The normalized spacial score (nSPS) is 19.9. The average Bonchev–Trinajstić information content (AvgIpc) is 2.77. The first kappa shape index (κ1) is 15.8. The number of amides is 1. The van der Waals surface area contributed by atoms with Crippen LogP contribution < -0.4 is 10.1 Å². The Kier molecular flexibility index (Phi) is 5.20. The number of likely N-dealkylation sites (N-methyl/N-ethyl adjacent to an activating group) is 1. The zero-order valence-electron chi connectivity index (χ0n) is 12.9. The first-order valence-corrected chi connectivity index (χ1v) is 7.34. The van der Waals surface area contributed by atoms with Gasteiger partial charge < -0.3 is 20.1 Å². The largest absolute Gasteiger partial charge is 0.491 e. The number of hydrogen-bond donors (Lipinski definition) is 2. The third-order valence-electron chi connectivity index (χ3n) is 3.80. The van der Waals surface area contributed by atoms with Crippen LogP contribution in [0.15, 0.2) is 18.2 Å². The number of ether oxygens (including phenoxy) is 1. The highest BCUT2D eigenvalue weighted by Gasteiger charge is 2.28. The number of aliphatic hydroxyl groups is 1. The van der Waals surface area contributed by atoms with Gasteiger partial charge in [-0.2, -0.15) is 0 Å². The first-order valence-electron chi connectivity index (χ1n) is 7.34. The van der Waals surface area contributed by atoms with E-state index < -0.39 is 6.10 Å². The first-order chi connectivity index (χ1) is 9.97. The van der Waals surface area contributed by atoms with Crippen LogP contribution in [0.3, 0.4) is 0 Å². The highest BCUT2D eigenvalue weighted by Crippen LogP contribution is 2.19. The molecule has 2 rings (SSSR count). The average molecular weight is 292 g/mol. The van der Waals surface area contributed by atoms with Crippen molar-refractivity contribution in [2.75, 3.05) is 26.7 Å². The number of carbonyl (C=O) groups is 1. The maximum absolute atomic E-state index is 11.7. The van der Waals surface area contributed by atoms with Crippen LogP contribution in [0.1, 0.15) is 17.5 Å². The van der Waals surface area contributed by atoms with Gasteiger partial charge in [0.1, 0.15) is 18.5 Å². The van der Waals surface area contributed by atoms with Crippen molar-refractivity contribution in [3.8, 4) is 5.75 Å². The van der Waals surface area contributed by atoms with Crippen molar-refractivity contribution in [2.24, 2.45) is 0 Å². The fraction of sp³-hybridized carbons (Fsp3) is 0.562. The molecule has 1 aromatic rings. The molecule has 1 heterocycles. The van der Waals surface area contributed by atoms with Crippen LogP contribution in [0.25, 0.3) is 0 Å². The minimum atomic E-state index is -0.636. The zero-order chi connectivity index (χ0) is 15.4. The van der Waals surface area contributed by atoms with Gasteiger partial charge in [-0.3, -0.25) is 4.79 Å². The lowest BCUT2D eigenvalue weighted by molar-refractivity contribution is -0.128. The predicted molar refractivity (Wildman–Crippen MR) is 81.5 cm³/mol. The highest BCUT2D eigenvalue weighted by molar-refractivity contribution is 5.83. The summed E-state index contributed by atoms with van der Waals surface area (Å²) >= 11 is 0. The summed E-state index contributed by atoms with van der Waals surface area (Å²) in [5.41, 5.74) is 2.18. The van der Waals surface area contributed by atoms with Crippen molar-refractivity contribution in [3.63, 3.8) is 0 Å². The Bertz CT molecular complexity index is 504. The van der Waals surface area contributed by atoms with Crippen LogP contribution >= 0.6 is 0 Å². The molecule has 2 N–H and O–H groups in total. The van der Waals surface area contributed by atoms with E-state index in [0.717, 1.165) is 29.8 Å². The second-order valence-corrected chi connectivity index (χ2v) is 5.74. The molecule has 0 radical (unpaired) electrons. The molecule has 5 nitrogen and oxygen atoms in total. The van der Waals surface area contributed by atoms with E-state index in [9.17, 15) is 9.90 Å². The number of hydrogen-bond acceptors (Lipinski definition) is 4. The molecule has 1 aromatic carbocycles. The van der Waals surface area contributed by atoms with Gasteiger partial charge in [0.15, 0.2) is 0 Å². The molecule has 2 unspecified atom stereocenters. The van der Waals surface area contributed by atoms with Crippen molar-refractivity contribution in [2.45, 2.75) is 32.4 Å². The van der Waals surface area contributed by atoms with Crippen LogP contribution in [-0.4, -0.2) is 54.8 Å². The number of benzene rings is 1. The summed E-state index contributed by atoms with van der Waals surface area (Å²) in [5.74, 6) is 0.892. The summed E-state index contributed by atoms with van der Waals surface area (Å²) in [7, 11) is 1.80. The maximum Gasteiger partial charge on any atom is 0.239 e. The topological polar surface area (TPSA) is 61.8 Å². The predicted octanol–water partition coefficient (Wildman–Crippen LogP) is 0.863. The van der Waals surface area contributed by atoms with E-state index in [-0.39, 0.29) is 18.6 Å². The van der Waals surface area contributed by atoms with Crippen molar-refractivity contribution in [3.05, 3.63) is 29.3 Å². The second kappa shape index (κ2) is 6.91. The fourth-order valence-electron chi connectivity index (χ4n) is 2.40. The Morgan fingerprint density at radius 3 is 2.90 bits per heavy atom. The zero-order valence-corrected chi connectivity index (χ0v) is 12.9. The second-order valence-electron chi connectivity index (χ2n) is 5.74. The number of aryl methyl sites for hydroxylation is 2. The molecule has 0 bridgehead atoms. The molecule has 0 saturated carbocycles. The Hall–Kier alpha value is -1.59. The van der Waals surface area contributed by atoms with E-state index in [1.165, 1.54) is 0 Å². The number of rotatable bonds is 6. The monoisotopic (exact) mass is 292 g/mol. The third kappa shape index (κ3) is 4.19. The van der Waals surface area contributed by atoms with Crippen LogP contribution in [-0.2, 0) is 4.79 Å². The van der Waals surface area contributed by atoms with E-state index >= 15 is 0 Å². The molecule has 1 saturated heterocycles. The smallest absolute Gasteiger partial charge is 0.239 e. The number of nitrogens with zero attached hydrogens (tertiary/aromatic N) is 1. The quantitative estimate of drug-likeness (QED) is 0.816. The summed E-state index contributed by atoms with van der Waals surface area (Å²) in [6, 6.07) is 5.82. The lowest BCUT2D eigenvalue weighted by Crippen LogP contribution is -2.42. The Balaban J connectivity index is 1.76. The summed E-state index contributed by atoms with van der Waals surface area (Å²) in [6.07, 6.45) is 0.156. The molecule has 116 valence electrons. The van der Waals surface area contributed by atoms with E-state index in [1.807, 2.05) is 32.0 Å². The molecular weight excluding hydrogens is 268 g/mol. The molecule has 21 heavy (non-hydrogen) atoms. The standard InChI is InChI=1S/C16H24N2O3/c1-11-4-5-12(2)15(8-11)21-10-13(19)9-17-14-6-7-18(3)16(14)20/h4-5,8,13-14,17,19H,6-7,9-10H2,1-3H3. The SMILES string of the molecule is Cc1ccc(C)c(OCC(O)CNC2CCN(C)C2=O)c1. The lowest BCUT2D eigenvalue weighted by atomic mass is 10.1. The summed E-state index contributed by atoms with van der Waals surface area (Å²) in [4.78, 5) is 13.4. The van der Waals surface area contributed by atoms with Crippen LogP contribution in [0.5, 0.6) is 5.75 Å². The van der Waals surface area contributed by atoms with Crippen molar-refractivity contribution in [1.29, 1.82) is 0 Å². The minimum Gasteiger partial charge on any atom is -0.491 e. The fourth-order valence-corrected chi connectivity index (χ4v) is 2.40. The van der Waals surface area contributed by atoms with E-state index in [0.29, 0.717) is 6.54 Å². The number of aliphatic hydroxyl groups excluding tert-OH is 1. The minimum absolute atomic E-state index is 0.0950. The maximum atomic E-state index is 11.7. The van der Waals surface area contributed by atoms with Gasteiger partial charge in [-0.05, 0) is 37.5 Å². The molecule has 2 atom stereocenters. The van der Waals surface area contributed by atoms with Gasteiger partial charge >= 0.3 is 0 Å². The van der Waals surface area contributed by atoms with Crippen molar-refractivity contribution in [1.82, 2.24) is 10.2 Å². The Labute approximate surface area is 125 Å². The van der Waals surface area contributed by atoms with Crippen molar-refractivity contribution >= 4 is 5.91 Å². The van der Waals surface area contributed by atoms with Gasteiger partial charge in [-0.25, -0.2) is 0 Å². The molecule has 1 aliphatic rings. The van der Waals surface area contributed by atoms with Gasteiger partial charge in [0.25, 0.3) is 0 Å². The van der Waals surface area contributed by atoms with Gasteiger partial charge in [-0.1, -0.05) is 12.1 Å². The Morgan fingerprint density at radius 2 is 2.24 bits per heavy atom. The van der Waals surface area contributed by atoms with Gasteiger partial charge in [0, 0.05) is 20.1 Å². The molecule has 1 aliphatic heterocycles. The molecule has 0 aromatic heterocycles. The lowest BCUT2D eigenvalue weighted by Gasteiger charge is -2.17. The summed E-state index contributed by atoms with van der Waals surface area (Å²) < 4.78 is 5.66. The number of nitrogens with one attached hydrogen (secondary N) is 1. The molecule has 1 fully saturated rings. The summed E-state index contributed by atoms with van der Waals surface area (Å²) in [6.45, 7) is 5.33. The molecule has 1 amide bonds. The third-order valence-corrected chi connectivity index (χ3v) is 3.80. The van der Waals surface area contributed by atoms with E-state index in [4.69, 9.17) is 4.74 Å². The van der Waals surface area contributed by atoms with Crippen LogP contribution in [0.4, 0.5) is 0 Å². The Morgan fingerprint density at radius 1 is 1.48 bits per heavy atom. The highest BCUT2D eigenvalue weighted by atomic mass is 16.5. The van der Waals surface area contributed by atoms with Crippen LogP contribution in [0, 0.1) is 13.8 Å². The molecule has 0 spiro atoms. The van der Waals surface area contributed by atoms with E-state index in [2.05, 4.69) is 5.32 Å². The van der Waals surface area contributed by atoms with Gasteiger partial charge in [-0.15, -0.1) is 0 Å². The molecular formula is C16H24N2O3. The number of carbonyl (C=O) groups excluding carboxylic acids is 1. The molecule has 0 aliphatic carbocycles. The number of likely N-dealkylation sites (tertiary alicyclic amines) is 1. The van der Waals surface area contributed by atoms with E-state index in [1.54, 1.807) is 11.9 Å².